The highest BCUT2D eigenvalue weighted by atomic mass is 32.2. The molecule has 0 atom stereocenters. The van der Waals surface area contributed by atoms with Crippen LogP contribution in [0.5, 0.6) is 0 Å². The minimum Gasteiger partial charge on any atom is -0.396 e. The fraction of sp³-hybridized carbons (Fsp3) is 0.571. The zero-order valence-electron chi connectivity index (χ0n) is 17.1. The molecule has 29 heavy (non-hydrogen) atoms. The highest BCUT2D eigenvalue weighted by Crippen LogP contribution is 2.33. The molecule has 0 aliphatic carbocycles. The number of aliphatic hydroxyl groups excluding tert-OH is 1. The molecule has 0 radical (unpaired) electrons. The summed E-state index contributed by atoms with van der Waals surface area (Å²) in [5.41, 5.74) is 3.14. The molecule has 1 N–H and O–H groups in total. The predicted molar refractivity (Wildman–Crippen MR) is 113 cm³/mol. The second-order valence-electron chi connectivity index (χ2n) is 8.23. The van der Waals surface area contributed by atoms with E-state index in [4.69, 9.17) is 0 Å². The Morgan fingerprint density at radius 1 is 1.21 bits per heavy atom. The van der Waals surface area contributed by atoms with Crippen molar-refractivity contribution in [1.29, 1.82) is 0 Å². The summed E-state index contributed by atoms with van der Waals surface area (Å²) in [6.07, 6.45) is 2.31. The molecule has 1 saturated heterocycles. The molecule has 1 aromatic heterocycles. The van der Waals surface area contributed by atoms with Crippen LogP contribution >= 0.6 is 0 Å². The number of likely N-dealkylation sites (N-methyl/N-ethyl adjacent to an activating group) is 1. The van der Waals surface area contributed by atoms with Gasteiger partial charge in [0.05, 0.1) is 11.3 Å². The summed E-state index contributed by atoms with van der Waals surface area (Å²) in [6.45, 7) is 4.62. The Kier molecular flexibility index (Phi) is 5.44. The molecule has 1 fully saturated rings. The first kappa shape index (κ1) is 20.4. The first-order valence-corrected chi connectivity index (χ1v) is 11.9. The van der Waals surface area contributed by atoms with E-state index in [9.17, 15) is 18.3 Å². The van der Waals surface area contributed by atoms with E-state index in [1.165, 1.54) is 3.97 Å². The van der Waals surface area contributed by atoms with Crippen molar-refractivity contribution in [1.82, 2.24) is 13.8 Å². The fourth-order valence-electron chi connectivity index (χ4n) is 4.53. The van der Waals surface area contributed by atoms with Crippen LogP contribution in [0.15, 0.2) is 18.2 Å². The van der Waals surface area contributed by atoms with Crippen LogP contribution in [0.2, 0.25) is 0 Å². The van der Waals surface area contributed by atoms with Gasteiger partial charge in [0, 0.05) is 55.9 Å². The summed E-state index contributed by atoms with van der Waals surface area (Å²) in [5, 5.41) is 10.2. The molecule has 0 spiro atoms. The maximum Gasteiger partial charge on any atom is 0.253 e. The van der Waals surface area contributed by atoms with Crippen molar-refractivity contribution in [2.45, 2.75) is 32.7 Å². The van der Waals surface area contributed by atoms with Crippen molar-refractivity contribution in [2.24, 2.45) is 5.92 Å². The fourth-order valence-corrected chi connectivity index (χ4v) is 5.79. The second kappa shape index (κ2) is 7.74. The van der Waals surface area contributed by atoms with Gasteiger partial charge in [0.2, 0.25) is 10.0 Å². The minimum atomic E-state index is -3.42. The molecule has 158 valence electrons. The van der Waals surface area contributed by atoms with E-state index >= 15 is 0 Å². The number of aliphatic hydroxyl groups is 1. The standard InChI is InChI=1S/C21H29N3O4S/c1-3-29(27,28)24-19-5-4-16(21(26)23-10-6-15(14-25)7-11-23)12-17(19)18-13-22(2)9-8-20(18)24/h4-5,12,15,25H,3,6-11,13-14H2,1-2H3. The number of nitrogens with zero attached hydrogens (tertiary/aromatic N) is 3. The van der Waals surface area contributed by atoms with Crippen LogP contribution in [0.4, 0.5) is 0 Å². The van der Waals surface area contributed by atoms with Gasteiger partial charge in [-0.1, -0.05) is 0 Å². The molecular formula is C21H29N3O4S. The van der Waals surface area contributed by atoms with Gasteiger partial charge in [-0.25, -0.2) is 12.4 Å². The van der Waals surface area contributed by atoms with Crippen LogP contribution in [0.1, 0.15) is 41.4 Å². The van der Waals surface area contributed by atoms with E-state index in [1.807, 2.05) is 18.0 Å². The van der Waals surface area contributed by atoms with Gasteiger partial charge in [-0.15, -0.1) is 0 Å². The zero-order chi connectivity index (χ0) is 20.8. The molecule has 0 unspecified atom stereocenters. The average molecular weight is 420 g/mol. The number of fused-ring (bicyclic) bond motifs is 3. The number of hydrogen-bond donors (Lipinski definition) is 1. The number of carbonyl (C=O) groups excluding carboxylic acids is 1. The third-order valence-corrected chi connectivity index (χ3v) is 8.05. The second-order valence-corrected chi connectivity index (χ2v) is 10.3. The molecule has 3 heterocycles. The lowest BCUT2D eigenvalue weighted by molar-refractivity contribution is 0.0651. The molecule has 4 rings (SSSR count). The summed E-state index contributed by atoms with van der Waals surface area (Å²) in [4.78, 5) is 17.1. The largest absolute Gasteiger partial charge is 0.396 e. The number of benzene rings is 1. The first-order chi connectivity index (χ1) is 13.9. The molecule has 7 nitrogen and oxygen atoms in total. The highest BCUT2D eigenvalue weighted by molar-refractivity contribution is 7.90. The Morgan fingerprint density at radius 2 is 1.93 bits per heavy atom. The first-order valence-electron chi connectivity index (χ1n) is 10.3. The zero-order valence-corrected chi connectivity index (χ0v) is 17.9. The Morgan fingerprint density at radius 3 is 2.59 bits per heavy atom. The SMILES string of the molecule is CCS(=O)(=O)n1c2c(c3cc(C(=O)N4CCC(CO)CC4)ccc31)CN(C)CC2. The predicted octanol–water partition coefficient (Wildman–Crippen LogP) is 1.67. The molecule has 0 bridgehead atoms. The molecular weight excluding hydrogens is 390 g/mol. The number of carbonyl (C=O) groups is 1. The molecule has 0 saturated carbocycles. The number of likely N-dealkylation sites (tertiary alicyclic amines) is 1. The monoisotopic (exact) mass is 419 g/mol. The summed E-state index contributed by atoms with van der Waals surface area (Å²) in [7, 11) is -1.40. The van der Waals surface area contributed by atoms with Crippen molar-refractivity contribution >= 4 is 26.8 Å². The van der Waals surface area contributed by atoms with Gasteiger partial charge in [0.1, 0.15) is 0 Å². The quantitative estimate of drug-likeness (QED) is 0.815. The number of piperidine rings is 1. The Labute approximate surface area is 172 Å². The van der Waals surface area contributed by atoms with Crippen molar-refractivity contribution in [3.8, 4) is 0 Å². The smallest absolute Gasteiger partial charge is 0.253 e. The van der Waals surface area contributed by atoms with Gasteiger partial charge in [-0.3, -0.25) is 4.79 Å². The average Bonchev–Trinajstić information content (AvgIpc) is 3.07. The number of hydrogen-bond acceptors (Lipinski definition) is 5. The summed E-state index contributed by atoms with van der Waals surface area (Å²) < 4.78 is 27.1. The van der Waals surface area contributed by atoms with Crippen LogP contribution in [0.3, 0.4) is 0 Å². The lowest BCUT2D eigenvalue weighted by Crippen LogP contribution is -2.39. The summed E-state index contributed by atoms with van der Waals surface area (Å²) in [6, 6.07) is 5.41. The number of rotatable bonds is 4. The van der Waals surface area contributed by atoms with Crippen LogP contribution in [-0.4, -0.2) is 72.2 Å². The van der Waals surface area contributed by atoms with E-state index in [-0.39, 0.29) is 24.2 Å². The molecule has 2 aliphatic heterocycles. The van der Waals surface area contributed by atoms with E-state index in [1.54, 1.807) is 19.1 Å². The van der Waals surface area contributed by atoms with E-state index in [0.717, 1.165) is 36.0 Å². The van der Waals surface area contributed by atoms with Crippen LogP contribution < -0.4 is 0 Å². The van der Waals surface area contributed by atoms with Crippen LogP contribution in [-0.2, 0) is 23.0 Å². The lowest BCUT2D eigenvalue weighted by Gasteiger charge is -2.31. The van der Waals surface area contributed by atoms with Crippen LogP contribution in [0, 0.1) is 5.92 Å². The molecule has 2 aromatic rings. The Balaban J connectivity index is 1.76. The third kappa shape index (κ3) is 3.58. The van der Waals surface area contributed by atoms with Crippen molar-refractivity contribution in [3.05, 3.63) is 35.0 Å². The molecule has 2 aliphatic rings. The Hall–Kier alpha value is -1.90. The van der Waals surface area contributed by atoms with Gasteiger partial charge >= 0.3 is 0 Å². The van der Waals surface area contributed by atoms with Gasteiger partial charge in [-0.05, 0) is 56.5 Å². The van der Waals surface area contributed by atoms with Crippen molar-refractivity contribution < 1.29 is 18.3 Å². The van der Waals surface area contributed by atoms with Crippen LogP contribution in [0.25, 0.3) is 10.9 Å². The summed E-state index contributed by atoms with van der Waals surface area (Å²) in [5.74, 6) is 0.296. The maximum absolute atomic E-state index is 13.1. The Bertz CT molecular complexity index is 1040. The normalized spacial score (nSPS) is 18.9. The highest BCUT2D eigenvalue weighted by Gasteiger charge is 2.29. The van der Waals surface area contributed by atoms with Crippen molar-refractivity contribution in [3.63, 3.8) is 0 Å². The maximum atomic E-state index is 13.1. The van der Waals surface area contributed by atoms with Gasteiger partial charge in [0.25, 0.3) is 5.91 Å². The molecule has 8 heteroatoms. The molecule has 1 amide bonds. The lowest BCUT2D eigenvalue weighted by atomic mass is 9.97. The van der Waals surface area contributed by atoms with Gasteiger partial charge < -0.3 is 14.9 Å². The van der Waals surface area contributed by atoms with Crippen molar-refractivity contribution in [2.75, 3.05) is 39.0 Å². The van der Waals surface area contributed by atoms with Gasteiger partial charge in [0.15, 0.2) is 0 Å². The third-order valence-electron chi connectivity index (χ3n) is 6.34. The van der Waals surface area contributed by atoms with E-state index in [2.05, 4.69) is 4.90 Å². The minimum absolute atomic E-state index is 0.0210. The van der Waals surface area contributed by atoms with Gasteiger partial charge in [-0.2, -0.15) is 0 Å². The molecule has 1 aromatic carbocycles. The van der Waals surface area contributed by atoms with E-state index < -0.39 is 10.0 Å². The summed E-state index contributed by atoms with van der Waals surface area (Å²) >= 11 is 0. The number of aromatic nitrogens is 1. The number of amides is 1. The van der Waals surface area contributed by atoms with E-state index in [0.29, 0.717) is 37.1 Å². The topological polar surface area (TPSA) is 82.8 Å².